The van der Waals surface area contributed by atoms with Crippen molar-refractivity contribution in [3.05, 3.63) is 102 Å². The van der Waals surface area contributed by atoms with Gasteiger partial charge in [-0.2, -0.15) is 4.99 Å². The number of aliphatic hydroxyl groups is 1. The maximum atomic E-state index is 13.2. The Morgan fingerprint density at radius 1 is 1.07 bits per heavy atom. The summed E-state index contributed by atoms with van der Waals surface area (Å²) in [7, 11) is 0. The number of carbonyl (C=O) groups excluding carboxylic acids is 1. The number of β-amino-alcohol motifs (C(OH)–C–C–N with tert-alkyl or cyclic N) is 1. The lowest BCUT2D eigenvalue weighted by molar-refractivity contribution is -0.743. The summed E-state index contributed by atoms with van der Waals surface area (Å²) in [5.74, 6) is 2.32. The van der Waals surface area contributed by atoms with Crippen LogP contribution in [-0.2, 0) is 5.41 Å². The van der Waals surface area contributed by atoms with Crippen molar-refractivity contribution in [2.24, 2.45) is 4.99 Å². The van der Waals surface area contributed by atoms with Gasteiger partial charge in [0.1, 0.15) is 23.5 Å². The molecule has 9 nitrogen and oxygen atoms in total. The Kier molecular flexibility index (Phi) is 7.30. The van der Waals surface area contributed by atoms with E-state index < -0.39 is 0 Å². The number of nitrogens with zero attached hydrogens (tertiary/aromatic N) is 4. The van der Waals surface area contributed by atoms with E-state index in [0.717, 1.165) is 52.2 Å². The van der Waals surface area contributed by atoms with Crippen LogP contribution in [0.25, 0.3) is 0 Å². The van der Waals surface area contributed by atoms with Gasteiger partial charge in [-0.15, -0.1) is 0 Å². The van der Waals surface area contributed by atoms with Crippen LogP contribution in [0.1, 0.15) is 48.7 Å². The van der Waals surface area contributed by atoms with Crippen molar-refractivity contribution >= 4 is 34.8 Å². The number of benzene rings is 2. The molecule has 1 saturated heterocycles. The van der Waals surface area contributed by atoms with Crippen LogP contribution in [0.4, 0.5) is 23.0 Å². The Labute approximate surface area is 246 Å². The van der Waals surface area contributed by atoms with Gasteiger partial charge in [-0.25, -0.2) is 9.88 Å². The smallest absolute Gasteiger partial charge is 0.257 e. The van der Waals surface area contributed by atoms with Crippen LogP contribution in [0, 0.1) is 6.92 Å². The van der Waals surface area contributed by atoms with Gasteiger partial charge < -0.3 is 20.6 Å². The van der Waals surface area contributed by atoms with Gasteiger partial charge in [-0.05, 0) is 66.3 Å². The van der Waals surface area contributed by atoms with Crippen LogP contribution < -0.4 is 25.3 Å². The molecule has 2 unspecified atom stereocenters. The fourth-order valence-corrected chi connectivity index (χ4v) is 5.57. The van der Waals surface area contributed by atoms with Crippen LogP contribution in [-0.4, -0.2) is 47.7 Å². The number of aliphatic hydroxyl groups excluding tert-OH is 1. The van der Waals surface area contributed by atoms with Crippen molar-refractivity contribution < 1.29 is 14.8 Å². The fraction of sp³-hybridized carbons (Fsp3) is 0.303. The van der Waals surface area contributed by atoms with Crippen molar-refractivity contribution in [1.82, 2.24) is 4.98 Å². The highest BCUT2D eigenvalue weighted by Crippen LogP contribution is 2.29. The SMILES string of the molecule is Cc1c(NC(=O)c2ccc(C(C)(C)C)cc2)cccc1N1C=C(Nc2cccc(N3CCC(O)C3)n2)C2=NC=C[NH+]2C1. The van der Waals surface area contributed by atoms with Gasteiger partial charge in [-0.3, -0.25) is 9.69 Å². The van der Waals surface area contributed by atoms with Gasteiger partial charge >= 0.3 is 0 Å². The second-order valence-electron chi connectivity index (χ2n) is 12.1. The molecule has 0 saturated carbocycles. The molecule has 0 bridgehead atoms. The number of amidine groups is 1. The summed E-state index contributed by atoms with van der Waals surface area (Å²) in [6.45, 7) is 10.6. The predicted molar refractivity (Wildman–Crippen MR) is 168 cm³/mol. The molecule has 3 aliphatic heterocycles. The number of nitrogens with one attached hydrogen (secondary N) is 3. The number of fused-ring (bicyclic) bond motifs is 1. The molecule has 1 amide bonds. The Hall–Kier alpha value is -4.47. The summed E-state index contributed by atoms with van der Waals surface area (Å²) in [6, 6.07) is 19.7. The maximum absolute atomic E-state index is 13.2. The number of anilines is 4. The molecule has 216 valence electrons. The molecule has 2 atom stereocenters. The topological polar surface area (TPSA) is 97.5 Å². The quantitative estimate of drug-likeness (QED) is 0.361. The van der Waals surface area contributed by atoms with E-state index in [2.05, 4.69) is 58.5 Å². The average molecular weight is 565 g/mol. The Balaban J connectivity index is 1.24. The summed E-state index contributed by atoms with van der Waals surface area (Å²) in [4.78, 5) is 28.0. The third kappa shape index (κ3) is 5.66. The zero-order valence-corrected chi connectivity index (χ0v) is 24.6. The lowest BCUT2D eigenvalue weighted by Crippen LogP contribution is -3.12. The van der Waals surface area contributed by atoms with E-state index in [1.54, 1.807) is 0 Å². The largest absolute Gasteiger partial charge is 0.391 e. The molecule has 3 aromatic rings. The Morgan fingerprint density at radius 2 is 1.86 bits per heavy atom. The number of hydrogen-bond acceptors (Lipinski definition) is 7. The standard InChI is InChI=1S/C33H37N7O2/c1-22-26(36-32(42)23-11-13-24(14-12-23)33(2,3)4)7-5-8-28(22)40-20-27(31-34-16-18-39(31)21-40)35-29-9-6-10-30(37-29)38-17-15-25(41)19-38/h5-14,16,18,20,25,41H,15,17,19,21H2,1-4H3,(H,35,37)(H,36,42)/p+1. The van der Waals surface area contributed by atoms with Gasteiger partial charge in [0, 0.05) is 30.5 Å². The van der Waals surface area contributed by atoms with E-state index in [-0.39, 0.29) is 17.4 Å². The normalized spacial score (nSPS) is 19.8. The number of carbonyl (C=O) groups is 1. The molecule has 9 heteroatoms. The lowest BCUT2D eigenvalue weighted by Gasteiger charge is -2.31. The third-order valence-electron chi connectivity index (χ3n) is 8.02. The van der Waals surface area contributed by atoms with Gasteiger partial charge in [-0.1, -0.05) is 45.0 Å². The van der Waals surface area contributed by atoms with Crippen molar-refractivity contribution in [2.45, 2.75) is 45.6 Å². The highest BCUT2D eigenvalue weighted by molar-refractivity contribution is 6.05. The highest BCUT2D eigenvalue weighted by atomic mass is 16.3. The zero-order chi connectivity index (χ0) is 29.4. The van der Waals surface area contributed by atoms with Crippen molar-refractivity contribution in [3.8, 4) is 0 Å². The van der Waals surface area contributed by atoms with E-state index in [4.69, 9.17) is 4.98 Å². The number of hydrogen-bond donors (Lipinski definition) is 4. The molecular formula is C33H38N7O2+. The number of pyridine rings is 1. The minimum Gasteiger partial charge on any atom is -0.391 e. The summed E-state index contributed by atoms with van der Waals surface area (Å²) >= 11 is 0. The average Bonchev–Trinajstić information content (AvgIpc) is 3.63. The molecule has 42 heavy (non-hydrogen) atoms. The summed E-state index contributed by atoms with van der Waals surface area (Å²) in [5.41, 5.74) is 5.44. The first-order chi connectivity index (χ1) is 20.2. The number of aliphatic imine (C=N–C) groups is 1. The van der Waals surface area contributed by atoms with Gasteiger partial charge in [0.25, 0.3) is 11.7 Å². The van der Waals surface area contributed by atoms with Crippen molar-refractivity contribution in [3.63, 3.8) is 0 Å². The molecule has 4 N–H and O–H groups in total. The first kappa shape index (κ1) is 27.7. The van der Waals surface area contributed by atoms with E-state index >= 15 is 0 Å². The van der Waals surface area contributed by atoms with Crippen LogP contribution >= 0.6 is 0 Å². The van der Waals surface area contributed by atoms with Crippen molar-refractivity contribution in [1.29, 1.82) is 0 Å². The second kappa shape index (κ2) is 11.1. The molecule has 1 aromatic heterocycles. The minimum absolute atomic E-state index is 0.0308. The van der Waals surface area contributed by atoms with Crippen LogP contribution in [0.3, 0.4) is 0 Å². The fourth-order valence-electron chi connectivity index (χ4n) is 5.57. The highest BCUT2D eigenvalue weighted by Gasteiger charge is 2.32. The predicted octanol–water partition coefficient (Wildman–Crippen LogP) is 4.01. The monoisotopic (exact) mass is 564 g/mol. The Morgan fingerprint density at radius 3 is 2.60 bits per heavy atom. The third-order valence-corrected chi connectivity index (χ3v) is 8.02. The Bertz CT molecular complexity index is 1590. The number of aromatic nitrogens is 1. The van der Waals surface area contributed by atoms with Gasteiger partial charge in [0.05, 0.1) is 18.0 Å². The molecule has 3 aliphatic rings. The number of amides is 1. The molecule has 0 radical (unpaired) electrons. The van der Waals surface area contributed by atoms with Crippen LogP contribution in [0.5, 0.6) is 0 Å². The van der Waals surface area contributed by atoms with E-state index in [1.165, 1.54) is 5.56 Å². The minimum atomic E-state index is -0.313. The van der Waals surface area contributed by atoms with Crippen molar-refractivity contribution in [2.75, 3.05) is 40.2 Å². The molecule has 0 spiro atoms. The zero-order valence-electron chi connectivity index (χ0n) is 24.6. The summed E-state index contributed by atoms with van der Waals surface area (Å²) in [6.07, 6.45) is 6.36. The molecule has 1 fully saturated rings. The molecule has 0 aliphatic carbocycles. The summed E-state index contributed by atoms with van der Waals surface area (Å²) in [5, 5.41) is 16.6. The molecular weight excluding hydrogens is 526 g/mol. The molecule has 4 heterocycles. The van der Waals surface area contributed by atoms with Crippen LogP contribution in [0.2, 0.25) is 0 Å². The lowest BCUT2D eigenvalue weighted by atomic mass is 9.86. The second-order valence-corrected chi connectivity index (χ2v) is 12.1. The van der Waals surface area contributed by atoms with E-state index in [0.29, 0.717) is 24.6 Å². The molecule has 6 rings (SSSR count). The molecule has 2 aromatic carbocycles. The first-order valence-corrected chi connectivity index (χ1v) is 14.4. The maximum Gasteiger partial charge on any atom is 0.257 e. The first-order valence-electron chi connectivity index (χ1n) is 14.4. The van der Waals surface area contributed by atoms with Gasteiger partial charge in [0.2, 0.25) is 0 Å². The summed E-state index contributed by atoms with van der Waals surface area (Å²) < 4.78 is 0. The van der Waals surface area contributed by atoms with Crippen LogP contribution in [0.15, 0.2) is 90.0 Å². The number of quaternary nitrogens is 1. The van der Waals surface area contributed by atoms with Gasteiger partial charge in [0.15, 0.2) is 6.67 Å². The van der Waals surface area contributed by atoms with E-state index in [9.17, 15) is 9.90 Å². The number of rotatable bonds is 6. The van der Waals surface area contributed by atoms with E-state index in [1.807, 2.05) is 73.9 Å².